The van der Waals surface area contributed by atoms with Crippen LogP contribution >= 0.6 is 27.5 Å². The standard InChI is InChI=1S/C15H12BrClO2/c1-10(18)14-8-12(16)4-7-15(14)19-9-11-2-5-13(17)6-3-11/h2-8H,9H2,1H3. The highest BCUT2D eigenvalue weighted by Gasteiger charge is 2.09. The van der Waals surface area contributed by atoms with Crippen LogP contribution in [-0.4, -0.2) is 5.78 Å². The first-order valence-electron chi connectivity index (χ1n) is 5.74. The summed E-state index contributed by atoms with van der Waals surface area (Å²) >= 11 is 9.17. The van der Waals surface area contributed by atoms with Gasteiger partial charge in [0, 0.05) is 9.50 Å². The molecule has 0 fully saturated rings. The molecule has 0 radical (unpaired) electrons. The smallest absolute Gasteiger partial charge is 0.163 e. The van der Waals surface area contributed by atoms with Crippen molar-refractivity contribution in [3.63, 3.8) is 0 Å². The van der Waals surface area contributed by atoms with Crippen LogP contribution in [0.2, 0.25) is 5.02 Å². The Hall–Kier alpha value is -1.32. The number of hydrogen-bond donors (Lipinski definition) is 0. The van der Waals surface area contributed by atoms with Crippen molar-refractivity contribution in [2.24, 2.45) is 0 Å². The second-order valence-electron chi connectivity index (χ2n) is 4.11. The number of halogens is 2. The third kappa shape index (κ3) is 3.82. The molecule has 0 aliphatic rings. The van der Waals surface area contributed by atoms with Crippen LogP contribution in [0.1, 0.15) is 22.8 Å². The summed E-state index contributed by atoms with van der Waals surface area (Å²) in [6, 6.07) is 12.8. The number of ketones is 1. The van der Waals surface area contributed by atoms with E-state index in [9.17, 15) is 4.79 Å². The number of Topliss-reactive ketones (excluding diaryl/α,β-unsaturated/α-hetero) is 1. The van der Waals surface area contributed by atoms with Crippen LogP contribution in [0.25, 0.3) is 0 Å². The van der Waals surface area contributed by atoms with Crippen molar-refractivity contribution in [3.05, 3.63) is 63.1 Å². The molecule has 98 valence electrons. The van der Waals surface area contributed by atoms with Gasteiger partial charge in [0.2, 0.25) is 0 Å². The van der Waals surface area contributed by atoms with E-state index in [4.69, 9.17) is 16.3 Å². The minimum atomic E-state index is -0.0209. The maximum absolute atomic E-state index is 11.6. The SMILES string of the molecule is CC(=O)c1cc(Br)ccc1OCc1ccc(Cl)cc1. The van der Waals surface area contributed by atoms with Gasteiger partial charge in [0.05, 0.1) is 5.56 Å². The van der Waals surface area contributed by atoms with E-state index in [0.29, 0.717) is 22.9 Å². The Labute approximate surface area is 125 Å². The number of benzene rings is 2. The van der Waals surface area contributed by atoms with Crippen LogP contribution in [0.4, 0.5) is 0 Å². The van der Waals surface area contributed by atoms with Crippen molar-refractivity contribution in [1.82, 2.24) is 0 Å². The fraction of sp³-hybridized carbons (Fsp3) is 0.133. The van der Waals surface area contributed by atoms with E-state index in [1.807, 2.05) is 30.3 Å². The average molecular weight is 340 g/mol. The zero-order valence-corrected chi connectivity index (χ0v) is 12.7. The molecule has 2 aromatic carbocycles. The molecule has 0 atom stereocenters. The van der Waals surface area contributed by atoms with Gasteiger partial charge in [0.15, 0.2) is 5.78 Å². The lowest BCUT2D eigenvalue weighted by Crippen LogP contribution is -2.01. The summed E-state index contributed by atoms with van der Waals surface area (Å²) in [6.07, 6.45) is 0. The lowest BCUT2D eigenvalue weighted by Gasteiger charge is -2.10. The van der Waals surface area contributed by atoms with E-state index in [1.165, 1.54) is 6.92 Å². The van der Waals surface area contributed by atoms with Crippen molar-refractivity contribution in [3.8, 4) is 5.75 Å². The van der Waals surface area contributed by atoms with Crippen molar-refractivity contribution in [2.45, 2.75) is 13.5 Å². The Kier molecular flexibility index (Phi) is 4.61. The molecular formula is C15H12BrClO2. The molecule has 0 heterocycles. The number of hydrogen-bond acceptors (Lipinski definition) is 2. The average Bonchev–Trinajstić information content (AvgIpc) is 2.39. The Morgan fingerprint density at radius 1 is 1.21 bits per heavy atom. The van der Waals surface area contributed by atoms with Crippen molar-refractivity contribution in [1.29, 1.82) is 0 Å². The second-order valence-corrected chi connectivity index (χ2v) is 5.46. The summed E-state index contributed by atoms with van der Waals surface area (Å²) in [4.78, 5) is 11.6. The predicted octanol–water partition coefficient (Wildman–Crippen LogP) is 4.88. The van der Waals surface area contributed by atoms with E-state index in [-0.39, 0.29) is 5.78 Å². The minimum absolute atomic E-state index is 0.0209. The largest absolute Gasteiger partial charge is 0.488 e. The van der Waals surface area contributed by atoms with Gasteiger partial charge in [-0.3, -0.25) is 4.79 Å². The zero-order chi connectivity index (χ0) is 13.8. The van der Waals surface area contributed by atoms with Crippen LogP contribution in [0.15, 0.2) is 46.9 Å². The maximum Gasteiger partial charge on any atom is 0.163 e. The summed E-state index contributed by atoms with van der Waals surface area (Å²) in [6.45, 7) is 1.93. The highest BCUT2D eigenvalue weighted by Crippen LogP contribution is 2.24. The summed E-state index contributed by atoms with van der Waals surface area (Å²) in [5.74, 6) is 0.568. The fourth-order valence-corrected chi connectivity index (χ4v) is 2.13. The van der Waals surface area contributed by atoms with Gasteiger partial charge in [-0.15, -0.1) is 0 Å². The van der Waals surface area contributed by atoms with Gasteiger partial charge in [-0.25, -0.2) is 0 Å². The lowest BCUT2D eigenvalue weighted by atomic mass is 10.1. The topological polar surface area (TPSA) is 26.3 Å². The van der Waals surface area contributed by atoms with Crippen molar-refractivity contribution >= 4 is 33.3 Å². The molecule has 2 rings (SSSR count). The Morgan fingerprint density at radius 2 is 1.89 bits per heavy atom. The molecule has 0 saturated carbocycles. The third-order valence-corrected chi connectivity index (χ3v) is 3.37. The van der Waals surface area contributed by atoms with Crippen LogP contribution < -0.4 is 4.74 Å². The number of rotatable bonds is 4. The van der Waals surface area contributed by atoms with E-state index >= 15 is 0 Å². The molecule has 0 bridgehead atoms. The first-order valence-corrected chi connectivity index (χ1v) is 6.91. The molecule has 0 aliphatic heterocycles. The molecular weight excluding hydrogens is 328 g/mol. The summed E-state index contributed by atoms with van der Waals surface area (Å²) < 4.78 is 6.55. The molecule has 0 N–H and O–H groups in total. The molecule has 0 unspecified atom stereocenters. The van der Waals surface area contributed by atoms with E-state index in [1.54, 1.807) is 12.1 Å². The summed E-state index contributed by atoms with van der Waals surface area (Å²) in [5.41, 5.74) is 1.57. The Balaban J connectivity index is 2.15. The highest BCUT2D eigenvalue weighted by atomic mass is 79.9. The summed E-state index contributed by atoms with van der Waals surface area (Å²) in [5, 5.41) is 0.691. The van der Waals surface area contributed by atoms with Gasteiger partial charge in [-0.2, -0.15) is 0 Å². The minimum Gasteiger partial charge on any atom is -0.488 e. The van der Waals surface area contributed by atoms with Crippen molar-refractivity contribution in [2.75, 3.05) is 0 Å². The molecule has 0 amide bonds. The monoisotopic (exact) mass is 338 g/mol. The molecule has 2 aromatic rings. The predicted molar refractivity (Wildman–Crippen MR) is 79.9 cm³/mol. The molecule has 4 heteroatoms. The second kappa shape index (κ2) is 6.22. The first kappa shape index (κ1) is 14.1. The molecule has 0 aromatic heterocycles. The van der Waals surface area contributed by atoms with Crippen LogP contribution in [0.3, 0.4) is 0 Å². The van der Waals surface area contributed by atoms with Gasteiger partial charge in [0.25, 0.3) is 0 Å². The molecule has 0 aliphatic carbocycles. The van der Waals surface area contributed by atoms with Gasteiger partial charge < -0.3 is 4.74 Å². The Morgan fingerprint density at radius 3 is 2.53 bits per heavy atom. The Bertz CT molecular complexity index is 594. The van der Waals surface area contributed by atoms with E-state index in [0.717, 1.165) is 10.0 Å². The molecule has 0 spiro atoms. The highest BCUT2D eigenvalue weighted by molar-refractivity contribution is 9.10. The van der Waals surface area contributed by atoms with Crippen molar-refractivity contribution < 1.29 is 9.53 Å². The van der Waals surface area contributed by atoms with Crippen LogP contribution in [0.5, 0.6) is 5.75 Å². The summed E-state index contributed by atoms with van der Waals surface area (Å²) in [7, 11) is 0. The van der Waals surface area contributed by atoms with Gasteiger partial charge in [-0.05, 0) is 42.8 Å². The fourth-order valence-electron chi connectivity index (χ4n) is 1.64. The zero-order valence-electron chi connectivity index (χ0n) is 10.3. The maximum atomic E-state index is 11.6. The van der Waals surface area contributed by atoms with E-state index < -0.39 is 0 Å². The first-order chi connectivity index (χ1) is 9.06. The van der Waals surface area contributed by atoms with Gasteiger partial charge in [0.1, 0.15) is 12.4 Å². The van der Waals surface area contributed by atoms with E-state index in [2.05, 4.69) is 15.9 Å². The number of ether oxygens (including phenoxy) is 1. The number of carbonyl (C=O) groups excluding carboxylic acids is 1. The van der Waals surface area contributed by atoms with Gasteiger partial charge in [-0.1, -0.05) is 39.7 Å². The molecule has 2 nitrogen and oxygen atoms in total. The quantitative estimate of drug-likeness (QED) is 0.742. The van der Waals surface area contributed by atoms with Gasteiger partial charge >= 0.3 is 0 Å². The third-order valence-electron chi connectivity index (χ3n) is 2.63. The molecule has 0 saturated heterocycles. The molecule has 19 heavy (non-hydrogen) atoms. The number of carbonyl (C=O) groups is 1. The lowest BCUT2D eigenvalue weighted by molar-refractivity contribution is 0.101. The normalized spacial score (nSPS) is 10.3. The van der Waals surface area contributed by atoms with Crippen LogP contribution in [-0.2, 0) is 6.61 Å². The van der Waals surface area contributed by atoms with Crippen LogP contribution in [0, 0.1) is 0 Å².